The zero-order valence-electron chi connectivity index (χ0n) is 20.8. The van der Waals surface area contributed by atoms with Gasteiger partial charge in [0.2, 0.25) is 0 Å². The number of hydrogen-bond donors (Lipinski definition) is 1. The van der Waals surface area contributed by atoms with Gasteiger partial charge < -0.3 is 19.3 Å². The second-order valence-electron chi connectivity index (χ2n) is 12.0. The van der Waals surface area contributed by atoms with Crippen LogP contribution in [0, 0.1) is 28.6 Å². The Bertz CT molecular complexity index is 878. The van der Waals surface area contributed by atoms with Crippen molar-refractivity contribution in [2.75, 3.05) is 6.61 Å². The van der Waals surface area contributed by atoms with Crippen LogP contribution in [0.3, 0.4) is 0 Å². The number of allylic oxidation sites excluding steroid dienone is 1. The van der Waals surface area contributed by atoms with E-state index in [1.807, 2.05) is 0 Å². The molecule has 9 atom stereocenters. The molecule has 0 aromatic rings. The Morgan fingerprint density at radius 2 is 2.00 bits per heavy atom. The number of aliphatic hydroxyl groups is 1. The maximum atomic E-state index is 12.3. The van der Waals surface area contributed by atoms with E-state index in [1.54, 1.807) is 13.8 Å². The first kappa shape index (κ1) is 23.3. The Hall–Kier alpha value is -1.40. The molecule has 1 aliphatic heterocycles. The first-order chi connectivity index (χ1) is 15.5. The zero-order chi connectivity index (χ0) is 23.8. The normalized spacial score (nSPS) is 47.1. The van der Waals surface area contributed by atoms with Crippen LogP contribution in [0.25, 0.3) is 0 Å². The number of hydrogen-bond acceptors (Lipinski definition) is 6. The molecular weight excluding hydrogens is 420 g/mol. The highest BCUT2D eigenvalue weighted by Gasteiger charge is 2.82. The van der Waals surface area contributed by atoms with Crippen LogP contribution in [-0.2, 0) is 23.8 Å². The van der Waals surface area contributed by atoms with Gasteiger partial charge in [-0.05, 0) is 75.5 Å². The van der Waals surface area contributed by atoms with E-state index in [-0.39, 0.29) is 41.4 Å². The van der Waals surface area contributed by atoms with Gasteiger partial charge in [0.25, 0.3) is 0 Å². The van der Waals surface area contributed by atoms with Gasteiger partial charge >= 0.3 is 11.9 Å². The van der Waals surface area contributed by atoms with E-state index in [0.29, 0.717) is 24.4 Å². The van der Waals surface area contributed by atoms with Gasteiger partial charge in [0.05, 0.1) is 19.1 Å². The number of rotatable bonds is 5. The van der Waals surface area contributed by atoms with E-state index >= 15 is 0 Å². The number of ether oxygens (including phenoxy) is 3. The summed E-state index contributed by atoms with van der Waals surface area (Å²) in [4.78, 5) is 23.8. The molecule has 1 heterocycles. The third-order valence-corrected chi connectivity index (χ3v) is 10.4. The Morgan fingerprint density at radius 1 is 1.24 bits per heavy atom. The average molecular weight is 461 g/mol. The predicted molar refractivity (Wildman–Crippen MR) is 122 cm³/mol. The molecule has 5 aliphatic rings. The summed E-state index contributed by atoms with van der Waals surface area (Å²) in [6, 6.07) is 0. The number of carbonyl (C=O) groups is 2. The second-order valence-corrected chi connectivity index (χ2v) is 12.0. The van der Waals surface area contributed by atoms with E-state index in [1.165, 1.54) is 12.5 Å². The summed E-state index contributed by atoms with van der Waals surface area (Å²) in [5.41, 5.74) is -0.392. The van der Waals surface area contributed by atoms with Crippen molar-refractivity contribution in [2.24, 2.45) is 28.6 Å². The monoisotopic (exact) mass is 460 g/mol. The van der Waals surface area contributed by atoms with Crippen LogP contribution in [0.15, 0.2) is 11.6 Å². The van der Waals surface area contributed by atoms with Gasteiger partial charge in [-0.15, -0.1) is 0 Å². The number of esters is 2. The minimum absolute atomic E-state index is 0.0148. The molecule has 0 aromatic heterocycles. The van der Waals surface area contributed by atoms with Crippen molar-refractivity contribution in [2.45, 2.75) is 109 Å². The van der Waals surface area contributed by atoms with Gasteiger partial charge in [-0.3, -0.25) is 9.59 Å². The molecule has 33 heavy (non-hydrogen) atoms. The summed E-state index contributed by atoms with van der Waals surface area (Å²) in [7, 11) is 0. The maximum absolute atomic E-state index is 12.3. The molecular formula is C27H40O6. The van der Waals surface area contributed by atoms with Crippen molar-refractivity contribution in [3.63, 3.8) is 0 Å². The average Bonchev–Trinajstić information content (AvgIpc) is 3.41. The van der Waals surface area contributed by atoms with Gasteiger partial charge in [0.1, 0.15) is 17.3 Å². The van der Waals surface area contributed by atoms with E-state index in [4.69, 9.17) is 14.2 Å². The third kappa shape index (κ3) is 3.19. The van der Waals surface area contributed by atoms with Crippen molar-refractivity contribution in [3.05, 3.63) is 11.6 Å². The van der Waals surface area contributed by atoms with Crippen molar-refractivity contribution in [3.8, 4) is 0 Å². The molecule has 4 aliphatic carbocycles. The standard InChI is InChI=1S/C27H40O6/c1-6-31-23(29)15-26(5,30)27-22(33-27)14-21-19-8-7-17-13-18(32-16(2)28)9-11-24(17,3)20(19)10-12-25(21,27)4/h7,18-22,30H,6,8-15H2,1-5H3/t18?,19?,20?,21?,22-,24+,25+,26?,27-/m1/s1. The van der Waals surface area contributed by atoms with Crippen molar-refractivity contribution >= 4 is 11.9 Å². The summed E-state index contributed by atoms with van der Waals surface area (Å²) in [5.74, 6) is 1.11. The Labute approximate surface area is 197 Å². The smallest absolute Gasteiger partial charge is 0.308 e. The van der Waals surface area contributed by atoms with Crippen LogP contribution < -0.4 is 0 Å². The Morgan fingerprint density at radius 3 is 2.70 bits per heavy atom. The van der Waals surface area contributed by atoms with Crippen LogP contribution in [0.1, 0.15) is 86.0 Å². The third-order valence-electron chi connectivity index (χ3n) is 10.4. The van der Waals surface area contributed by atoms with Gasteiger partial charge in [0, 0.05) is 18.8 Å². The van der Waals surface area contributed by atoms with Gasteiger partial charge in [-0.2, -0.15) is 0 Å². The highest BCUT2D eigenvalue weighted by atomic mass is 16.6. The molecule has 1 saturated heterocycles. The lowest BCUT2D eigenvalue weighted by atomic mass is 9.46. The lowest BCUT2D eigenvalue weighted by Gasteiger charge is -2.59. The number of fused-ring (bicyclic) bond motifs is 7. The summed E-state index contributed by atoms with van der Waals surface area (Å²) in [6.07, 6.45) is 9.44. The van der Waals surface area contributed by atoms with E-state index in [0.717, 1.165) is 44.9 Å². The Balaban J connectivity index is 1.39. The van der Waals surface area contributed by atoms with E-state index in [9.17, 15) is 14.7 Å². The topological polar surface area (TPSA) is 85.4 Å². The van der Waals surface area contributed by atoms with Crippen molar-refractivity contribution < 1.29 is 28.9 Å². The van der Waals surface area contributed by atoms with Gasteiger partial charge in [-0.25, -0.2) is 0 Å². The predicted octanol–water partition coefficient (Wildman–Crippen LogP) is 4.33. The summed E-state index contributed by atoms with van der Waals surface area (Å²) < 4.78 is 17.0. The fourth-order valence-electron chi connectivity index (χ4n) is 9.03. The molecule has 0 amide bonds. The quantitative estimate of drug-likeness (QED) is 0.373. The molecule has 5 unspecified atom stereocenters. The van der Waals surface area contributed by atoms with E-state index < -0.39 is 11.2 Å². The number of carbonyl (C=O) groups excluding carboxylic acids is 2. The first-order valence-corrected chi connectivity index (χ1v) is 12.9. The second kappa shape index (κ2) is 7.55. The maximum Gasteiger partial charge on any atom is 0.308 e. The van der Waals surface area contributed by atoms with Gasteiger partial charge in [-0.1, -0.05) is 25.5 Å². The molecule has 0 aromatic carbocycles. The highest BCUT2D eigenvalue weighted by Crippen LogP contribution is 2.75. The van der Waals surface area contributed by atoms with Crippen LogP contribution >= 0.6 is 0 Å². The van der Waals surface area contributed by atoms with E-state index in [2.05, 4.69) is 19.9 Å². The fraction of sp³-hybridized carbons (Fsp3) is 0.852. The zero-order valence-corrected chi connectivity index (χ0v) is 20.8. The molecule has 6 nitrogen and oxygen atoms in total. The lowest BCUT2D eigenvalue weighted by molar-refractivity contribution is -0.165. The summed E-state index contributed by atoms with van der Waals surface area (Å²) >= 11 is 0. The molecule has 0 bridgehead atoms. The molecule has 6 heteroatoms. The Kier molecular flexibility index (Phi) is 5.34. The van der Waals surface area contributed by atoms with Crippen molar-refractivity contribution in [1.82, 2.24) is 0 Å². The van der Waals surface area contributed by atoms with Crippen molar-refractivity contribution in [1.29, 1.82) is 0 Å². The molecule has 5 rings (SSSR count). The number of epoxide rings is 1. The van der Waals surface area contributed by atoms with Crippen LogP contribution in [0.5, 0.6) is 0 Å². The molecule has 0 spiro atoms. The van der Waals surface area contributed by atoms with Crippen LogP contribution in [0.4, 0.5) is 0 Å². The minimum Gasteiger partial charge on any atom is -0.466 e. The molecule has 4 fully saturated rings. The minimum atomic E-state index is -1.23. The molecule has 184 valence electrons. The molecule has 3 saturated carbocycles. The van der Waals surface area contributed by atoms with Crippen LogP contribution in [0.2, 0.25) is 0 Å². The largest absolute Gasteiger partial charge is 0.466 e. The molecule has 0 radical (unpaired) electrons. The summed E-state index contributed by atoms with van der Waals surface area (Å²) in [6.45, 7) is 10.1. The highest BCUT2D eigenvalue weighted by molar-refractivity contribution is 5.71. The fourth-order valence-corrected chi connectivity index (χ4v) is 9.03. The lowest BCUT2D eigenvalue weighted by Crippen LogP contribution is -2.59. The molecule has 1 N–H and O–H groups in total. The van der Waals surface area contributed by atoms with Gasteiger partial charge in [0.15, 0.2) is 0 Å². The SMILES string of the molecule is CCOC(=O)CC(C)(O)[C@@]12O[C@@H]1CC1C3CC=C4CC(OC(C)=O)CC[C@]4(C)C3CC[C@@]12C. The van der Waals surface area contributed by atoms with Crippen LogP contribution in [-0.4, -0.2) is 47.1 Å². The first-order valence-electron chi connectivity index (χ1n) is 12.9. The summed E-state index contributed by atoms with van der Waals surface area (Å²) in [5, 5.41) is 11.6.